The predicted molar refractivity (Wildman–Crippen MR) is 179 cm³/mol. The standard InChI is InChI=1S/C38H42N2O5/c1-3-5-7-9-25-43-34-19-15-32(16-20-34)40(33-17-21-35(22-18-33)44-26-10-8-6-4-2)31-13-11-29(12-14-31)37-24-23-36(45-37)27-30(28-39)38(41)42/h11-24,27H,3-10,25-26H2,1-2H3,(H,41,42)/b30-27-. The molecule has 0 fully saturated rings. The number of ether oxygens (including phenoxy) is 2. The van der Waals surface area contributed by atoms with Crippen LogP contribution in [0, 0.1) is 11.3 Å². The molecule has 7 nitrogen and oxygen atoms in total. The van der Waals surface area contributed by atoms with Gasteiger partial charge in [0.05, 0.1) is 13.2 Å². The molecule has 0 bridgehead atoms. The van der Waals surface area contributed by atoms with Gasteiger partial charge in [-0.3, -0.25) is 0 Å². The topological polar surface area (TPSA) is 95.9 Å². The lowest BCUT2D eigenvalue weighted by Gasteiger charge is -2.26. The van der Waals surface area contributed by atoms with Gasteiger partial charge in [-0.05, 0) is 97.8 Å². The lowest BCUT2D eigenvalue weighted by atomic mass is 10.1. The number of furan rings is 1. The van der Waals surface area contributed by atoms with Gasteiger partial charge in [-0.15, -0.1) is 0 Å². The minimum absolute atomic E-state index is 0.301. The minimum Gasteiger partial charge on any atom is -0.494 e. The van der Waals surface area contributed by atoms with Crippen LogP contribution in [0.4, 0.5) is 17.1 Å². The summed E-state index contributed by atoms with van der Waals surface area (Å²) in [4.78, 5) is 13.4. The van der Waals surface area contributed by atoms with Crippen molar-refractivity contribution in [1.29, 1.82) is 5.26 Å². The molecule has 0 unspecified atom stereocenters. The highest BCUT2D eigenvalue weighted by Gasteiger charge is 2.15. The molecule has 0 aliphatic carbocycles. The summed E-state index contributed by atoms with van der Waals surface area (Å²) in [6.07, 6.45) is 10.5. The fourth-order valence-corrected chi connectivity index (χ4v) is 4.91. The number of carboxylic acids is 1. The molecule has 7 heteroatoms. The second-order valence-electron chi connectivity index (χ2n) is 10.9. The Morgan fingerprint density at radius 1 is 0.733 bits per heavy atom. The molecular formula is C38H42N2O5. The third-order valence-corrected chi connectivity index (χ3v) is 7.40. The highest BCUT2D eigenvalue weighted by Crippen LogP contribution is 2.37. The van der Waals surface area contributed by atoms with Crippen molar-refractivity contribution in [2.24, 2.45) is 0 Å². The van der Waals surface area contributed by atoms with E-state index in [-0.39, 0.29) is 5.57 Å². The van der Waals surface area contributed by atoms with Crippen LogP contribution in [-0.2, 0) is 4.79 Å². The van der Waals surface area contributed by atoms with Crippen LogP contribution < -0.4 is 14.4 Å². The van der Waals surface area contributed by atoms with Crippen LogP contribution in [0.25, 0.3) is 17.4 Å². The van der Waals surface area contributed by atoms with Crippen molar-refractivity contribution in [3.63, 3.8) is 0 Å². The van der Waals surface area contributed by atoms with Crippen LogP contribution in [0.2, 0.25) is 0 Å². The average molecular weight is 607 g/mol. The number of aliphatic carboxylic acids is 1. The number of nitrogens with zero attached hydrogens (tertiary/aromatic N) is 2. The summed E-state index contributed by atoms with van der Waals surface area (Å²) < 4.78 is 17.8. The van der Waals surface area contributed by atoms with E-state index in [4.69, 9.17) is 24.3 Å². The van der Waals surface area contributed by atoms with Crippen molar-refractivity contribution in [2.75, 3.05) is 18.1 Å². The molecular weight excluding hydrogens is 564 g/mol. The van der Waals surface area contributed by atoms with Gasteiger partial charge >= 0.3 is 5.97 Å². The van der Waals surface area contributed by atoms with E-state index >= 15 is 0 Å². The van der Waals surface area contributed by atoms with E-state index < -0.39 is 5.97 Å². The summed E-state index contributed by atoms with van der Waals surface area (Å²) in [6.45, 7) is 5.83. The molecule has 1 heterocycles. The highest BCUT2D eigenvalue weighted by atomic mass is 16.5. The van der Waals surface area contributed by atoms with Crippen molar-refractivity contribution >= 4 is 29.1 Å². The fraction of sp³-hybridized carbons (Fsp3) is 0.316. The molecule has 0 spiro atoms. The number of carbonyl (C=O) groups is 1. The van der Waals surface area contributed by atoms with Gasteiger partial charge in [-0.1, -0.05) is 52.4 Å². The first-order valence-corrected chi connectivity index (χ1v) is 15.8. The maximum atomic E-state index is 11.2. The van der Waals surface area contributed by atoms with E-state index in [1.807, 2.05) is 48.5 Å². The lowest BCUT2D eigenvalue weighted by molar-refractivity contribution is -0.132. The number of hydrogen-bond donors (Lipinski definition) is 1. The number of anilines is 3. The van der Waals surface area contributed by atoms with Crippen LogP contribution >= 0.6 is 0 Å². The average Bonchev–Trinajstić information content (AvgIpc) is 3.54. The maximum absolute atomic E-state index is 11.2. The predicted octanol–water partition coefficient (Wildman–Crippen LogP) is 10.3. The Kier molecular flexibility index (Phi) is 12.7. The smallest absolute Gasteiger partial charge is 0.346 e. The zero-order valence-corrected chi connectivity index (χ0v) is 26.2. The molecule has 0 saturated carbocycles. The zero-order chi connectivity index (χ0) is 31.9. The third-order valence-electron chi connectivity index (χ3n) is 7.40. The van der Waals surface area contributed by atoms with Gasteiger partial charge < -0.3 is 23.9 Å². The Labute approximate surface area is 266 Å². The molecule has 0 aliphatic rings. The minimum atomic E-state index is -1.29. The van der Waals surface area contributed by atoms with Crippen molar-refractivity contribution < 1.29 is 23.8 Å². The number of unbranched alkanes of at least 4 members (excludes halogenated alkanes) is 6. The molecule has 1 N–H and O–H groups in total. The van der Waals surface area contributed by atoms with Gasteiger partial charge in [0, 0.05) is 28.7 Å². The highest BCUT2D eigenvalue weighted by molar-refractivity contribution is 5.96. The Morgan fingerprint density at radius 2 is 1.22 bits per heavy atom. The fourth-order valence-electron chi connectivity index (χ4n) is 4.91. The molecule has 0 atom stereocenters. The van der Waals surface area contributed by atoms with E-state index in [0.717, 1.165) is 47.0 Å². The van der Waals surface area contributed by atoms with Gasteiger partial charge in [0.25, 0.3) is 0 Å². The summed E-state index contributed by atoms with van der Waals surface area (Å²) in [5.41, 5.74) is 3.35. The Bertz CT molecular complexity index is 1490. The normalized spacial score (nSPS) is 11.2. The summed E-state index contributed by atoms with van der Waals surface area (Å²) >= 11 is 0. The summed E-state index contributed by atoms with van der Waals surface area (Å²) in [5.74, 6) is 1.28. The number of benzene rings is 3. The molecule has 3 aromatic carbocycles. The lowest BCUT2D eigenvalue weighted by Crippen LogP contribution is -2.10. The Morgan fingerprint density at radius 3 is 1.67 bits per heavy atom. The molecule has 234 valence electrons. The van der Waals surface area contributed by atoms with E-state index in [9.17, 15) is 4.79 Å². The first-order valence-electron chi connectivity index (χ1n) is 15.8. The number of carboxylic acid groups (broad SMARTS) is 1. The second kappa shape index (κ2) is 17.4. The molecule has 0 saturated heterocycles. The first-order chi connectivity index (χ1) is 22.0. The van der Waals surface area contributed by atoms with E-state index in [1.165, 1.54) is 44.6 Å². The van der Waals surface area contributed by atoms with Crippen LogP contribution in [-0.4, -0.2) is 24.3 Å². The summed E-state index contributed by atoms with van der Waals surface area (Å²) in [7, 11) is 0. The van der Waals surface area contributed by atoms with Gasteiger partial charge in [0.2, 0.25) is 0 Å². The monoisotopic (exact) mass is 606 g/mol. The van der Waals surface area contributed by atoms with Crippen LogP contribution in [0.3, 0.4) is 0 Å². The molecule has 4 rings (SSSR count). The number of rotatable bonds is 18. The quantitative estimate of drug-likeness (QED) is 0.0684. The zero-order valence-electron chi connectivity index (χ0n) is 26.2. The van der Waals surface area contributed by atoms with Crippen molar-refractivity contribution in [2.45, 2.75) is 65.2 Å². The van der Waals surface area contributed by atoms with E-state index in [1.54, 1.807) is 18.2 Å². The summed E-state index contributed by atoms with van der Waals surface area (Å²) in [5, 5.41) is 18.2. The third kappa shape index (κ3) is 9.77. The van der Waals surface area contributed by atoms with E-state index in [0.29, 0.717) is 24.7 Å². The van der Waals surface area contributed by atoms with Gasteiger partial charge in [0.15, 0.2) is 0 Å². The SMILES string of the molecule is CCCCCCOc1ccc(N(c2ccc(OCCCCCC)cc2)c2ccc(-c3ccc(/C=C(/C#N)C(=O)O)o3)cc2)cc1. The van der Waals surface area contributed by atoms with Gasteiger partial charge in [0.1, 0.15) is 34.7 Å². The van der Waals surface area contributed by atoms with Crippen molar-refractivity contribution in [3.05, 3.63) is 96.3 Å². The van der Waals surface area contributed by atoms with Crippen molar-refractivity contribution in [3.8, 4) is 28.9 Å². The van der Waals surface area contributed by atoms with Gasteiger partial charge in [-0.25, -0.2) is 4.79 Å². The summed E-state index contributed by atoms with van der Waals surface area (Å²) in [6, 6.07) is 29.3. The first kappa shape index (κ1) is 32.9. The largest absolute Gasteiger partial charge is 0.494 e. The second-order valence-corrected chi connectivity index (χ2v) is 10.9. The molecule has 1 aromatic heterocycles. The number of nitriles is 1. The molecule has 0 radical (unpaired) electrons. The Hall–Kier alpha value is -4.96. The molecule has 0 aliphatic heterocycles. The molecule has 45 heavy (non-hydrogen) atoms. The van der Waals surface area contributed by atoms with Crippen LogP contribution in [0.5, 0.6) is 11.5 Å². The number of hydrogen-bond acceptors (Lipinski definition) is 6. The molecule has 0 amide bonds. The maximum Gasteiger partial charge on any atom is 0.346 e. The Balaban J connectivity index is 1.55. The van der Waals surface area contributed by atoms with Crippen LogP contribution in [0.1, 0.15) is 71.0 Å². The van der Waals surface area contributed by atoms with Crippen LogP contribution in [0.15, 0.2) is 94.9 Å². The van der Waals surface area contributed by atoms with Crippen molar-refractivity contribution in [1.82, 2.24) is 0 Å². The van der Waals surface area contributed by atoms with Gasteiger partial charge in [-0.2, -0.15) is 5.26 Å². The van der Waals surface area contributed by atoms with E-state index in [2.05, 4.69) is 43.0 Å². The molecule has 4 aromatic rings.